The average molecular weight is 243 g/mol. The standard InChI is InChI=1S/C12H13N5O/c1-7-15-6-10(13)12(16-7)17-9-4-2-8(3-5-9)11(14)18/h2-6H,13H2,1H3,(H2,14,18)(H,15,16,17). The molecule has 0 unspecified atom stereocenters. The highest BCUT2D eigenvalue weighted by atomic mass is 16.1. The summed E-state index contributed by atoms with van der Waals surface area (Å²) in [4.78, 5) is 19.1. The van der Waals surface area contributed by atoms with Gasteiger partial charge in [-0.25, -0.2) is 9.97 Å². The third kappa shape index (κ3) is 2.54. The number of nitrogens with two attached hydrogens (primary N) is 2. The molecule has 0 bridgehead atoms. The van der Waals surface area contributed by atoms with Gasteiger partial charge in [-0.3, -0.25) is 4.79 Å². The minimum Gasteiger partial charge on any atom is -0.394 e. The summed E-state index contributed by atoms with van der Waals surface area (Å²) < 4.78 is 0. The van der Waals surface area contributed by atoms with E-state index in [-0.39, 0.29) is 0 Å². The first-order chi connectivity index (χ1) is 8.56. The number of hydrogen-bond donors (Lipinski definition) is 3. The van der Waals surface area contributed by atoms with Crippen LogP contribution in [0.4, 0.5) is 17.2 Å². The minimum atomic E-state index is -0.459. The maximum atomic E-state index is 10.9. The fourth-order valence-electron chi connectivity index (χ4n) is 1.43. The Morgan fingerprint density at radius 1 is 1.28 bits per heavy atom. The molecule has 0 aliphatic carbocycles. The number of aromatic nitrogens is 2. The third-order valence-corrected chi connectivity index (χ3v) is 2.37. The van der Waals surface area contributed by atoms with Crippen molar-refractivity contribution in [3.8, 4) is 0 Å². The third-order valence-electron chi connectivity index (χ3n) is 2.37. The predicted octanol–water partition coefficient (Wildman–Crippen LogP) is 1.21. The van der Waals surface area contributed by atoms with Gasteiger partial charge in [0.15, 0.2) is 5.82 Å². The molecule has 18 heavy (non-hydrogen) atoms. The number of nitrogens with zero attached hydrogens (tertiary/aromatic N) is 2. The van der Waals surface area contributed by atoms with Crippen molar-refractivity contribution in [1.82, 2.24) is 9.97 Å². The first-order valence-corrected chi connectivity index (χ1v) is 5.32. The van der Waals surface area contributed by atoms with E-state index in [0.717, 1.165) is 5.69 Å². The van der Waals surface area contributed by atoms with Gasteiger partial charge in [0, 0.05) is 11.3 Å². The van der Waals surface area contributed by atoms with Crippen molar-refractivity contribution in [3.63, 3.8) is 0 Å². The molecule has 1 aromatic heterocycles. The van der Waals surface area contributed by atoms with Crippen LogP contribution in [0.25, 0.3) is 0 Å². The summed E-state index contributed by atoms with van der Waals surface area (Å²) in [5.74, 6) is 0.703. The molecular formula is C12H13N5O. The van der Waals surface area contributed by atoms with Crippen molar-refractivity contribution in [3.05, 3.63) is 41.9 Å². The number of hydrogen-bond acceptors (Lipinski definition) is 5. The number of aryl methyl sites for hydroxylation is 1. The van der Waals surface area contributed by atoms with Gasteiger partial charge in [-0.15, -0.1) is 0 Å². The van der Waals surface area contributed by atoms with Gasteiger partial charge in [0.05, 0.1) is 11.9 Å². The van der Waals surface area contributed by atoms with Gasteiger partial charge in [0.25, 0.3) is 0 Å². The van der Waals surface area contributed by atoms with Crippen LogP contribution in [0.5, 0.6) is 0 Å². The maximum Gasteiger partial charge on any atom is 0.248 e. The van der Waals surface area contributed by atoms with E-state index in [9.17, 15) is 4.79 Å². The molecule has 0 aliphatic rings. The van der Waals surface area contributed by atoms with Crippen LogP contribution in [-0.2, 0) is 0 Å². The Hall–Kier alpha value is -2.63. The Bertz CT molecular complexity index is 580. The Balaban J connectivity index is 2.23. The highest BCUT2D eigenvalue weighted by Gasteiger charge is 2.04. The first-order valence-electron chi connectivity index (χ1n) is 5.32. The number of anilines is 3. The molecule has 0 fully saturated rings. The van der Waals surface area contributed by atoms with Crippen molar-refractivity contribution in [2.24, 2.45) is 5.73 Å². The SMILES string of the molecule is Cc1ncc(N)c(Nc2ccc(C(N)=O)cc2)n1. The predicted molar refractivity (Wildman–Crippen MR) is 69.4 cm³/mol. The number of benzene rings is 1. The maximum absolute atomic E-state index is 10.9. The van der Waals surface area contributed by atoms with Crippen LogP contribution < -0.4 is 16.8 Å². The van der Waals surface area contributed by atoms with Crippen molar-refractivity contribution in [1.29, 1.82) is 0 Å². The van der Waals surface area contributed by atoms with Crippen LogP contribution in [0.2, 0.25) is 0 Å². The lowest BCUT2D eigenvalue weighted by Crippen LogP contribution is -2.10. The Morgan fingerprint density at radius 3 is 2.56 bits per heavy atom. The van der Waals surface area contributed by atoms with E-state index >= 15 is 0 Å². The Labute approximate surface area is 104 Å². The molecule has 0 spiro atoms. The summed E-state index contributed by atoms with van der Waals surface area (Å²) >= 11 is 0. The zero-order chi connectivity index (χ0) is 13.1. The van der Waals surface area contributed by atoms with E-state index in [2.05, 4.69) is 15.3 Å². The van der Waals surface area contributed by atoms with Crippen molar-refractivity contribution in [2.45, 2.75) is 6.92 Å². The highest BCUT2D eigenvalue weighted by Crippen LogP contribution is 2.20. The van der Waals surface area contributed by atoms with E-state index in [1.807, 2.05) is 0 Å². The number of amides is 1. The summed E-state index contributed by atoms with van der Waals surface area (Å²) in [6, 6.07) is 6.73. The van der Waals surface area contributed by atoms with Gasteiger partial charge >= 0.3 is 0 Å². The lowest BCUT2D eigenvalue weighted by atomic mass is 10.2. The Kier molecular flexibility index (Phi) is 3.09. The van der Waals surface area contributed by atoms with Crippen molar-refractivity contribution in [2.75, 3.05) is 11.1 Å². The number of primary amides is 1. The van der Waals surface area contributed by atoms with E-state index in [4.69, 9.17) is 11.5 Å². The average Bonchev–Trinajstić information content (AvgIpc) is 2.34. The molecule has 92 valence electrons. The van der Waals surface area contributed by atoms with Crippen LogP contribution in [0.1, 0.15) is 16.2 Å². The van der Waals surface area contributed by atoms with Gasteiger partial charge < -0.3 is 16.8 Å². The second kappa shape index (κ2) is 4.70. The zero-order valence-electron chi connectivity index (χ0n) is 9.84. The fraction of sp³-hybridized carbons (Fsp3) is 0.0833. The molecule has 0 saturated carbocycles. The normalized spacial score (nSPS) is 10.1. The van der Waals surface area contributed by atoms with Crippen LogP contribution in [-0.4, -0.2) is 15.9 Å². The minimum absolute atomic E-state index is 0.451. The van der Waals surface area contributed by atoms with E-state index < -0.39 is 5.91 Å². The molecular weight excluding hydrogens is 230 g/mol. The molecule has 0 aliphatic heterocycles. The molecule has 2 rings (SSSR count). The number of carbonyl (C=O) groups excluding carboxylic acids is 1. The monoisotopic (exact) mass is 243 g/mol. The number of carbonyl (C=O) groups is 1. The van der Waals surface area contributed by atoms with E-state index in [0.29, 0.717) is 22.9 Å². The van der Waals surface area contributed by atoms with E-state index in [1.54, 1.807) is 37.4 Å². The molecule has 6 heteroatoms. The summed E-state index contributed by atoms with van der Waals surface area (Å²) in [6.45, 7) is 1.78. The molecule has 1 amide bonds. The van der Waals surface area contributed by atoms with Crippen LogP contribution in [0.15, 0.2) is 30.5 Å². The Morgan fingerprint density at radius 2 is 1.94 bits per heavy atom. The highest BCUT2D eigenvalue weighted by molar-refractivity contribution is 5.93. The molecule has 6 nitrogen and oxygen atoms in total. The smallest absolute Gasteiger partial charge is 0.248 e. The van der Waals surface area contributed by atoms with Crippen molar-refractivity contribution >= 4 is 23.1 Å². The molecule has 0 saturated heterocycles. The van der Waals surface area contributed by atoms with Crippen molar-refractivity contribution < 1.29 is 4.79 Å². The molecule has 5 N–H and O–H groups in total. The second-order valence-electron chi connectivity index (χ2n) is 3.79. The van der Waals surface area contributed by atoms with Gasteiger partial charge in [-0.2, -0.15) is 0 Å². The largest absolute Gasteiger partial charge is 0.394 e. The van der Waals surface area contributed by atoms with Gasteiger partial charge in [0.2, 0.25) is 5.91 Å². The van der Waals surface area contributed by atoms with Gasteiger partial charge in [-0.1, -0.05) is 0 Å². The summed E-state index contributed by atoms with van der Waals surface area (Å²) in [5, 5.41) is 3.05. The fourth-order valence-corrected chi connectivity index (χ4v) is 1.43. The van der Waals surface area contributed by atoms with Crippen LogP contribution in [0, 0.1) is 6.92 Å². The van der Waals surface area contributed by atoms with Crippen LogP contribution >= 0.6 is 0 Å². The van der Waals surface area contributed by atoms with E-state index in [1.165, 1.54) is 0 Å². The number of nitrogen functional groups attached to an aromatic ring is 1. The number of rotatable bonds is 3. The lowest BCUT2D eigenvalue weighted by Gasteiger charge is -2.08. The van der Waals surface area contributed by atoms with Gasteiger partial charge in [0.1, 0.15) is 5.82 Å². The zero-order valence-corrected chi connectivity index (χ0v) is 9.84. The molecule has 0 atom stereocenters. The molecule has 0 radical (unpaired) electrons. The lowest BCUT2D eigenvalue weighted by molar-refractivity contribution is 0.100. The second-order valence-corrected chi connectivity index (χ2v) is 3.79. The quantitative estimate of drug-likeness (QED) is 0.751. The summed E-state index contributed by atoms with van der Waals surface area (Å²) in [7, 11) is 0. The number of nitrogens with one attached hydrogen (secondary N) is 1. The van der Waals surface area contributed by atoms with Gasteiger partial charge in [-0.05, 0) is 31.2 Å². The summed E-state index contributed by atoms with van der Waals surface area (Å²) in [6.07, 6.45) is 1.54. The molecule has 2 aromatic rings. The molecule has 1 heterocycles. The molecule has 1 aromatic carbocycles. The van der Waals surface area contributed by atoms with Crippen LogP contribution in [0.3, 0.4) is 0 Å². The topological polar surface area (TPSA) is 107 Å². The first kappa shape index (κ1) is 11.8. The summed E-state index contributed by atoms with van der Waals surface area (Å²) in [5.41, 5.74) is 12.6.